The smallest absolute Gasteiger partial charge is 0.322 e. The third-order valence-corrected chi connectivity index (χ3v) is 1.45. The van der Waals surface area contributed by atoms with Crippen LogP contribution >= 0.6 is 0 Å². The Balaban J connectivity index is 4.55. The first-order valence-electron chi connectivity index (χ1n) is 4.36. The van der Waals surface area contributed by atoms with E-state index in [-0.39, 0.29) is 0 Å². The van der Waals surface area contributed by atoms with Crippen molar-refractivity contribution >= 4 is 11.9 Å². The van der Waals surface area contributed by atoms with Crippen molar-refractivity contribution in [1.82, 2.24) is 0 Å². The topological polar surface area (TPSA) is 89.6 Å². The molecule has 0 saturated heterocycles. The summed E-state index contributed by atoms with van der Waals surface area (Å²) >= 11 is 0. The summed E-state index contributed by atoms with van der Waals surface area (Å²) < 4.78 is 4.92. The zero-order chi connectivity index (χ0) is 11.5. The summed E-state index contributed by atoms with van der Waals surface area (Å²) in [5.74, 6) is -3.34. The van der Waals surface area contributed by atoms with Gasteiger partial charge in [0.05, 0.1) is 0 Å². The molecule has 0 heterocycles. The minimum atomic E-state index is -1.30. The molecule has 5 heteroatoms. The molecule has 0 bridgehead atoms. The maximum Gasteiger partial charge on any atom is 0.322 e. The standard InChI is InChI=1S/C9H17NO4/c1-5(10)6(7(11)12)8(13)14-9(2,3)4/h5-6H,10H2,1-4H3,(H,11,12)/t5?,6-/m1/s1. The van der Waals surface area contributed by atoms with Gasteiger partial charge >= 0.3 is 11.9 Å². The lowest BCUT2D eigenvalue weighted by molar-refractivity contribution is -0.167. The minimum Gasteiger partial charge on any atom is -0.481 e. The molecule has 82 valence electrons. The van der Waals surface area contributed by atoms with Crippen molar-refractivity contribution in [2.45, 2.75) is 39.3 Å². The van der Waals surface area contributed by atoms with Crippen molar-refractivity contribution in [3.63, 3.8) is 0 Å². The van der Waals surface area contributed by atoms with E-state index in [0.29, 0.717) is 0 Å². The van der Waals surface area contributed by atoms with Crippen molar-refractivity contribution < 1.29 is 19.4 Å². The molecule has 5 nitrogen and oxygen atoms in total. The van der Waals surface area contributed by atoms with Crippen molar-refractivity contribution in [2.75, 3.05) is 0 Å². The Bertz CT molecular complexity index is 229. The molecule has 0 aromatic carbocycles. The Morgan fingerprint density at radius 3 is 2.00 bits per heavy atom. The highest BCUT2D eigenvalue weighted by Gasteiger charge is 2.33. The van der Waals surface area contributed by atoms with Gasteiger partial charge in [0.2, 0.25) is 0 Å². The average molecular weight is 203 g/mol. The van der Waals surface area contributed by atoms with E-state index in [4.69, 9.17) is 15.6 Å². The minimum absolute atomic E-state index is 0.695. The van der Waals surface area contributed by atoms with Crippen LogP contribution in [-0.4, -0.2) is 28.7 Å². The monoisotopic (exact) mass is 203 g/mol. The molecule has 0 aliphatic carbocycles. The average Bonchev–Trinajstić information content (AvgIpc) is 1.78. The first kappa shape index (κ1) is 12.9. The van der Waals surface area contributed by atoms with Gasteiger partial charge in [-0.3, -0.25) is 9.59 Å². The van der Waals surface area contributed by atoms with Gasteiger partial charge < -0.3 is 15.6 Å². The lowest BCUT2D eigenvalue weighted by atomic mass is 10.0. The molecule has 1 unspecified atom stereocenters. The third kappa shape index (κ3) is 4.23. The molecular formula is C9H17NO4. The quantitative estimate of drug-likeness (QED) is 0.511. The zero-order valence-electron chi connectivity index (χ0n) is 8.90. The summed E-state index contributed by atoms with van der Waals surface area (Å²) in [4.78, 5) is 22.0. The lowest BCUT2D eigenvalue weighted by Crippen LogP contribution is -2.42. The molecule has 14 heavy (non-hydrogen) atoms. The zero-order valence-corrected chi connectivity index (χ0v) is 8.90. The van der Waals surface area contributed by atoms with Gasteiger partial charge in [-0.15, -0.1) is 0 Å². The van der Waals surface area contributed by atoms with E-state index in [1.54, 1.807) is 20.8 Å². The van der Waals surface area contributed by atoms with Crippen molar-refractivity contribution in [1.29, 1.82) is 0 Å². The number of nitrogens with two attached hydrogens (primary N) is 1. The van der Waals surface area contributed by atoms with E-state index in [9.17, 15) is 9.59 Å². The number of carbonyl (C=O) groups excluding carboxylic acids is 1. The summed E-state index contributed by atoms with van der Waals surface area (Å²) in [6.45, 7) is 6.48. The van der Waals surface area contributed by atoms with Crippen LogP contribution in [0.25, 0.3) is 0 Å². The normalized spacial score (nSPS) is 15.8. The van der Waals surface area contributed by atoms with E-state index < -0.39 is 29.5 Å². The van der Waals surface area contributed by atoms with E-state index in [2.05, 4.69) is 0 Å². The second-order valence-corrected chi connectivity index (χ2v) is 4.21. The Labute approximate surface area is 83.2 Å². The van der Waals surface area contributed by atoms with Crippen molar-refractivity contribution in [3.8, 4) is 0 Å². The predicted octanol–water partition coefficient (Wildman–Crippen LogP) is 0.376. The first-order valence-corrected chi connectivity index (χ1v) is 4.36. The van der Waals surface area contributed by atoms with Crippen LogP contribution in [0.4, 0.5) is 0 Å². The number of carbonyl (C=O) groups is 2. The first-order chi connectivity index (χ1) is 6.15. The number of carboxylic acids is 1. The second-order valence-electron chi connectivity index (χ2n) is 4.21. The van der Waals surface area contributed by atoms with E-state index >= 15 is 0 Å². The number of hydrogen-bond donors (Lipinski definition) is 2. The highest BCUT2D eigenvalue weighted by Crippen LogP contribution is 2.13. The predicted molar refractivity (Wildman–Crippen MR) is 50.6 cm³/mol. The van der Waals surface area contributed by atoms with Gasteiger partial charge in [0, 0.05) is 6.04 Å². The van der Waals surface area contributed by atoms with Gasteiger partial charge in [0.15, 0.2) is 5.92 Å². The SMILES string of the molecule is CC(N)[C@H](C(=O)O)C(=O)OC(C)(C)C. The molecule has 0 aliphatic rings. The molecule has 0 amide bonds. The molecule has 0 rings (SSSR count). The third-order valence-electron chi connectivity index (χ3n) is 1.45. The van der Waals surface area contributed by atoms with Gasteiger partial charge in [-0.1, -0.05) is 0 Å². The molecule has 0 spiro atoms. The Morgan fingerprint density at radius 2 is 1.79 bits per heavy atom. The summed E-state index contributed by atoms with van der Waals surface area (Å²) in [7, 11) is 0. The number of esters is 1. The highest BCUT2D eigenvalue weighted by molar-refractivity contribution is 5.94. The Morgan fingerprint density at radius 1 is 1.36 bits per heavy atom. The Hall–Kier alpha value is -1.10. The van der Waals surface area contributed by atoms with Crippen LogP contribution in [0.5, 0.6) is 0 Å². The number of carboxylic acid groups (broad SMARTS) is 1. The Kier molecular flexibility index (Phi) is 4.07. The molecule has 2 atom stereocenters. The molecule has 3 N–H and O–H groups in total. The maximum atomic E-state index is 11.4. The summed E-state index contributed by atoms with van der Waals surface area (Å²) in [6.07, 6.45) is 0. The molecule has 0 aromatic heterocycles. The van der Waals surface area contributed by atoms with Gasteiger partial charge in [-0.2, -0.15) is 0 Å². The lowest BCUT2D eigenvalue weighted by Gasteiger charge is -2.23. The van der Waals surface area contributed by atoms with Crippen LogP contribution in [0.2, 0.25) is 0 Å². The molecule has 0 saturated carbocycles. The molecule has 0 aliphatic heterocycles. The van der Waals surface area contributed by atoms with E-state index in [1.165, 1.54) is 6.92 Å². The molecule has 0 fully saturated rings. The summed E-state index contributed by atoms with van der Waals surface area (Å²) in [6, 6.07) is -0.762. The maximum absolute atomic E-state index is 11.4. The van der Waals surface area contributed by atoms with Crippen LogP contribution in [0, 0.1) is 5.92 Å². The molecule has 0 aromatic rings. The second kappa shape index (κ2) is 4.41. The number of aliphatic carboxylic acids is 1. The number of hydrogen-bond acceptors (Lipinski definition) is 4. The van der Waals surface area contributed by atoms with Crippen LogP contribution in [-0.2, 0) is 14.3 Å². The van der Waals surface area contributed by atoms with Gasteiger partial charge in [-0.25, -0.2) is 0 Å². The summed E-state index contributed by atoms with van der Waals surface area (Å²) in [5, 5.41) is 8.73. The van der Waals surface area contributed by atoms with Gasteiger partial charge in [0.25, 0.3) is 0 Å². The number of rotatable bonds is 3. The van der Waals surface area contributed by atoms with E-state index in [1.807, 2.05) is 0 Å². The largest absolute Gasteiger partial charge is 0.481 e. The van der Waals surface area contributed by atoms with Crippen LogP contribution < -0.4 is 5.73 Å². The molecule has 0 radical (unpaired) electrons. The summed E-state index contributed by atoms with van der Waals surface area (Å²) in [5.41, 5.74) is 4.68. The van der Waals surface area contributed by atoms with Gasteiger partial charge in [-0.05, 0) is 27.7 Å². The van der Waals surface area contributed by atoms with Crippen molar-refractivity contribution in [2.24, 2.45) is 11.7 Å². The van der Waals surface area contributed by atoms with E-state index in [0.717, 1.165) is 0 Å². The fraction of sp³-hybridized carbons (Fsp3) is 0.778. The fourth-order valence-corrected chi connectivity index (χ4v) is 0.906. The van der Waals surface area contributed by atoms with Gasteiger partial charge in [0.1, 0.15) is 5.60 Å². The fourth-order valence-electron chi connectivity index (χ4n) is 0.906. The highest BCUT2D eigenvalue weighted by atomic mass is 16.6. The van der Waals surface area contributed by atoms with Crippen molar-refractivity contribution in [3.05, 3.63) is 0 Å². The molecular weight excluding hydrogens is 186 g/mol. The van der Waals surface area contributed by atoms with Crippen LogP contribution in [0.1, 0.15) is 27.7 Å². The van der Waals surface area contributed by atoms with Crippen LogP contribution in [0.15, 0.2) is 0 Å². The van der Waals surface area contributed by atoms with Crippen LogP contribution in [0.3, 0.4) is 0 Å². The number of ether oxygens (including phenoxy) is 1.